The molecule has 1 spiro atoms. The average molecular weight is 629 g/mol. The van der Waals surface area contributed by atoms with Crippen molar-refractivity contribution >= 4 is 12.3 Å². The third-order valence-corrected chi connectivity index (χ3v) is 14.4. The smallest absolute Gasteiger partial charge is 0.331 e. The van der Waals surface area contributed by atoms with Gasteiger partial charge in [0.25, 0.3) is 0 Å². The summed E-state index contributed by atoms with van der Waals surface area (Å²) in [5, 5.41) is 24.9. The number of aliphatic hydroxyl groups is 2. The van der Waals surface area contributed by atoms with Crippen LogP contribution in [0.2, 0.25) is 0 Å². The van der Waals surface area contributed by atoms with Crippen LogP contribution >= 0.6 is 0 Å². The Labute approximate surface area is 266 Å². The second-order valence-corrected chi connectivity index (χ2v) is 16.6. The summed E-state index contributed by atoms with van der Waals surface area (Å²) in [4.78, 5) is 25.1. The van der Waals surface area contributed by atoms with E-state index in [0.717, 1.165) is 50.4 Å². The number of hydrogen-bond acceptors (Lipinski definition) is 9. The lowest BCUT2D eigenvalue weighted by Crippen LogP contribution is -2.69. The maximum atomic E-state index is 13.2. The van der Waals surface area contributed by atoms with Gasteiger partial charge in [-0.25, -0.2) is 4.79 Å². The third-order valence-electron chi connectivity index (χ3n) is 14.4. The van der Waals surface area contributed by atoms with E-state index >= 15 is 0 Å². The molecule has 9 heteroatoms. The minimum atomic E-state index is -1.19. The number of carbonyl (C=O) groups excluding carboxylic acids is 2. The van der Waals surface area contributed by atoms with E-state index < -0.39 is 28.7 Å². The largest absolute Gasteiger partial charge is 0.458 e. The Morgan fingerprint density at radius 1 is 0.956 bits per heavy atom. The average Bonchev–Trinajstić information content (AvgIpc) is 3.65. The minimum absolute atomic E-state index is 0.0718. The van der Waals surface area contributed by atoms with E-state index in [4.69, 9.17) is 23.7 Å². The van der Waals surface area contributed by atoms with Crippen molar-refractivity contribution in [2.45, 2.75) is 158 Å². The van der Waals surface area contributed by atoms with Gasteiger partial charge in [0.15, 0.2) is 12.1 Å². The number of aldehydes is 1. The Bertz CT molecular complexity index is 1250. The van der Waals surface area contributed by atoms with Crippen LogP contribution in [0.4, 0.5) is 0 Å². The summed E-state index contributed by atoms with van der Waals surface area (Å²) in [5.74, 6) is -0.282. The topological polar surface area (TPSA) is 121 Å². The Hall–Kier alpha value is -1.36. The fourth-order valence-electron chi connectivity index (χ4n) is 12.2. The molecular weight excluding hydrogens is 576 g/mol. The number of rotatable bonds is 4. The van der Waals surface area contributed by atoms with Crippen molar-refractivity contribution in [2.24, 2.45) is 34.5 Å². The molecule has 0 amide bonds. The second-order valence-electron chi connectivity index (χ2n) is 16.6. The van der Waals surface area contributed by atoms with Gasteiger partial charge in [-0.2, -0.15) is 0 Å². The number of esters is 1. The molecule has 250 valence electrons. The molecule has 9 nitrogen and oxygen atoms in total. The van der Waals surface area contributed by atoms with E-state index in [2.05, 4.69) is 13.8 Å². The Morgan fingerprint density at radius 3 is 2.53 bits per heavy atom. The molecule has 7 fully saturated rings. The summed E-state index contributed by atoms with van der Waals surface area (Å²) in [5.41, 5.74) is -2.43. The molecule has 8 rings (SSSR count). The van der Waals surface area contributed by atoms with Gasteiger partial charge in [-0.3, -0.25) is 0 Å². The predicted octanol–water partition coefficient (Wildman–Crippen LogP) is 4.75. The number of carbonyl (C=O) groups is 2. The fraction of sp³-hybridized carbons (Fsp3) is 0.889. The number of fused-ring (bicyclic) bond motifs is 6. The highest BCUT2D eigenvalue weighted by Gasteiger charge is 2.71. The Kier molecular flexibility index (Phi) is 7.27. The number of ether oxygens (including phenoxy) is 5. The minimum Gasteiger partial charge on any atom is -0.458 e. The van der Waals surface area contributed by atoms with Crippen LogP contribution in [-0.2, 0) is 33.3 Å². The lowest BCUT2D eigenvalue weighted by molar-refractivity contribution is -0.278. The first-order valence-electron chi connectivity index (χ1n) is 17.9. The molecule has 2 N–H and O–H groups in total. The lowest BCUT2D eigenvalue weighted by Gasteiger charge is -2.65. The molecule has 2 unspecified atom stereocenters. The van der Waals surface area contributed by atoms with Crippen molar-refractivity contribution in [3.05, 3.63) is 11.6 Å². The summed E-state index contributed by atoms with van der Waals surface area (Å²) in [7, 11) is 0. The van der Waals surface area contributed by atoms with Gasteiger partial charge in [-0.15, -0.1) is 0 Å². The Balaban J connectivity index is 0.965. The molecule has 5 aliphatic carbocycles. The zero-order valence-corrected chi connectivity index (χ0v) is 27.2. The predicted molar refractivity (Wildman–Crippen MR) is 162 cm³/mol. The monoisotopic (exact) mass is 628 g/mol. The van der Waals surface area contributed by atoms with Crippen molar-refractivity contribution in [1.29, 1.82) is 0 Å². The molecule has 14 atom stereocenters. The zero-order valence-electron chi connectivity index (χ0n) is 27.2. The quantitative estimate of drug-likeness (QED) is 0.258. The van der Waals surface area contributed by atoms with E-state index in [1.54, 1.807) is 6.08 Å². The molecule has 0 bridgehead atoms. The van der Waals surface area contributed by atoms with Crippen LogP contribution in [0, 0.1) is 34.5 Å². The first kappa shape index (κ1) is 30.9. The first-order valence-corrected chi connectivity index (χ1v) is 17.9. The van der Waals surface area contributed by atoms with Crippen LogP contribution < -0.4 is 0 Å². The van der Waals surface area contributed by atoms with Crippen molar-refractivity contribution in [2.75, 3.05) is 6.61 Å². The van der Waals surface area contributed by atoms with E-state index in [1.165, 1.54) is 6.42 Å². The summed E-state index contributed by atoms with van der Waals surface area (Å²) in [6, 6.07) is 0. The van der Waals surface area contributed by atoms with Crippen LogP contribution in [0.1, 0.15) is 111 Å². The van der Waals surface area contributed by atoms with Gasteiger partial charge in [0.1, 0.15) is 19.0 Å². The molecule has 0 aromatic rings. The third kappa shape index (κ3) is 4.46. The standard InChI is InChI=1S/C36H52O9/c1-21-5-4-10-35(17-21)44-28-16-30(42-22(2)31(28)45-35)43-24-6-12-33(20-37)26-7-11-32(3)25(23-15-29(38)41-19-23)9-14-36(32,40)27(26)8-13-34(33,39)18-24/h15,20-22,24-28,30-31,39-40H,4-14,16-19H2,1-3H3/t21?,22-,24+,25-,26+,27-,28+,30+,31-,32-,33+,34+,35?,36+/m1/s1. The zero-order chi connectivity index (χ0) is 31.4. The summed E-state index contributed by atoms with van der Waals surface area (Å²) in [6.45, 7) is 6.80. The number of cyclic esters (lactones) is 1. The van der Waals surface area contributed by atoms with Gasteiger partial charge in [0.2, 0.25) is 0 Å². The van der Waals surface area contributed by atoms with Crippen LogP contribution in [0.3, 0.4) is 0 Å². The normalized spacial score (nSPS) is 55.7. The second kappa shape index (κ2) is 10.6. The van der Waals surface area contributed by atoms with Crippen LogP contribution in [-0.4, -0.2) is 76.8 Å². The lowest BCUT2D eigenvalue weighted by atomic mass is 9.41. The molecule has 5 saturated carbocycles. The molecule has 0 aromatic carbocycles. The van der Waals surface area contributed by atoms with Crippen LogP contribution in [0.25, 0.3) is 0 Å². The van der Waals surface area contributed by atoms with Gasteiger partial charge in [-0.05, 0) is 94.0 Å². The highest BCUT2D eigenvalue weighted by atomic mass is 16.8. The Morgan fingerprint density at radius 2 is 1.78 bits per heavy atom. The van der Waals surface area contributed by atoms with Gasteiger partial charge in [0, 0.05) is 37.2 Å². The van der Waals surface area contributed by atoms with E-state index in [1.807, 2.05) is 6.92 Å². The van der Waals surface area contributed by atoms with E-state index in [0.29, 0.717) is 57.5 Å². The SMILES string of the molecule is CC1CCCC2(C1)O[C@H]1[C@H](C[C@H](O[C@H]3CC[C@]4(C=O)[C@H]5CC[C@]6(C)[C@@H](C7=CC(=O)OC7)CC[C@]6(O)[C@@H]5CC[C@]4(O)C3)O[C@@H]1C)O2. The fourth-order valence-corrected chi connectivity index (χ4v) is 12.2. The summed E-state index contributed by atoms with van der Waals surface area (Å²) >= 11 is 0. The van der Waals surface area contributed by atoms with Gasteiger partial charge < -0.3 is 38.7 Å². The highest BCUT2D eigenvalue weighted by Crippen LogP contribution is 2.70. The molecule has 2 saturated heterocycles. The van der Waals surface area contributed by atoms with Crippen molar-refractivity contribution in [3.8, 4) is 0 Å². The van der Waals surface area contributed by atoms with Crippen molar-refractivity contribution in [3.63, 3.8) is 0 Å². The van der Waals surface area contributed by atoms with Gasteiger partial charge in [-0.1, -0.05) is 20.3 Å². The van der Waals surface area contributed by atoms with Crippen molar-refractivity contribution < 1.29 is 43.5 Å². The summed E-state index contributed by atoms with van der Waals surface area (Å²) in [6.07, 6.45) is 12.2. The van der Waals surface area contributed by atoms with E-state index in [9.17, 15) is 19.8 Å². The molecule has 0 radical (unpaired) electrons. The van der Waals surface area contributed by atoms with Gasteiger partial charge in [0.05, 0.1) is 34.9 Å². The number of hydrogen-bond donors (Lipinski definition) is 2. The molecule has 45 heavy (non-hydrogen) atoms. The molecule has 0 aromatic heterocycles. The van der Waals surface area contributed by atoms with Crippen LogP contribution in [0.5, 0.6) is 0 Å². The summed E-state index contributed by atoms with van der Waals surface area (Å²) < 4.78 is 31.4. The molecule has 8 aliphatic rings. The molecule has 3 aliphatic heterocycles. The first-order chi connectivity index (χ1) is 21.4. The molecule has 3 heterocycles. The van der Waals surface area contributed by atoms with E-state index in [-0.39, 0.29) is 53.6 Å². The highest BCUT2D eigenvalue weighted by molar-refractivity contribution is 5.85. The van der Waals surface area contributed by atoms with Crippen molar-refractivity contribution in [1.82, 2.24) is 0 Å². The van der Waals surface area contributed by atoms with Crippen LogP contribution in [0.15, 0.2) is 11.6 Å². The maximum absolute atomic E-state index is 13.2. The molecular formula is C36H52O9. The van der Waals surface area contributed by atoms with Gasteiger partial charge >= 0.3 is 5.97 Å². The maximum Gasteiger partial charge on any atom is 0.331 e.